The average Bonchev–Trinajstić information content (AvgIpc) is 3.12. The molecule has 0 spiro atoms. The zero-order valence-corrected chi connectivity index (χ0v) is 16.2. The number of amides is 1. The average molecular weight is 388 g/mol. The molecule has 2 aromatic rings. The molecule has 0 atom stereocenters. The first-order valence-corrected chi connectivity index (χ1v) is 9.28. The first-order chi connectivity index (χ1) is 13.0. The first kappa shape index (κ1) is 18.9. The molecule has 1 aromatic carbocycles. The molecule has 3 rings (SSSR count). The molecule has 0 saturated heterocycles. The van der Waals surface area contributed by atoms with E-state index in [1.54, 1.807) is 10.3 Å². The summed E-state index contributed by atoms with van der Waals surface area (Å²) in [5, 5.41) is 2.29. The lowest BCUT2D eigenvalue weighted by Gasteiger charge is -2.21. The molecule has 27 heavy (non-hydrogen) atoms. The van der Waals surface area contributed by atoms with Gasteiger partial charge in [-0.2, -0.15) is 0 Å². The van der Waals surface area contributed by atoms with Crippen LogP contribution in [0.25, 0.3) is 0 Å². The fraction of sp³-hybridized carbons (Fsp3) is 0.316. The molecule has 2 heterocycles. The molecule has 1 aliphatic heterocycles. The van der Waals surface area contributed by atoms with Gasteiger partial charge in [-0.1, -0.05) is 12.1 Å². The van der Waals surface area contributed by atoms with Gasteiger partial charge in [0.15, 0.2) is 5.13 Å². The van der Waals surface area contributed by atoms with Gasteiger partial charge >= 0.3 is 5.97 Å². The molecule has 142 valence electrons. The summed E-state index contributed by atoms with van der Waals surface area (Å²) in [6.45, 7) is 6.16. The Balaban J connectivity index is 1.74. The van der Waals surface area contributed by atoms with Crippen molar-refractivity contribution in [1.82, 2.24) is 4.98 Å². The van der Waals surface area contributed by atoms with E-state index in [0.717, 1.165) is 16.8 Å². The number of ether oxygens (including phenoxy) is 3. The first-order valence-electron chi connectivity index (χ1n) is 8.40. The van der Waals surface area contributed by atoms with Crippen molar-refractivity contribution in [2.24, 2.45) is 0 Å². The number of benzene rings is 1. The molecular weight excluding hydrogens is 368 g/mol. The van der Waals surface area contributed by atoms with Gasteiger partial charge in [-0.05, 0) is 31.0 Å². The molecule has 0 bridgehead atoms. The van der Waals surface area contributed by atoms with Gasteiger partial charge in [0.1, 0.15) is 26.1 Å². The Labute approximate surface area is 161 Å². The molecule has 0 radical (unpaired) electrons. The van der Waals surface area contributed by atoms with Gasteiger partial charge in [0.25, 0.3) is 0 Å². The Morgan fingerprint density at radius 1 is 1.30 bits per heavy atom. The van der Waals surface area contributed by atoms with Crippen LogP contribution < -0.4 is 4.90 Å². The third-order valence-corrected chi connectivity index (χ3v) is 4.94. The highest BCUT2D eigenvalue weighted by atomic mass is 32.1. The lowest BCUT2D eigenvalue weighted by molar-refractivity contribution is -0.146. The second-order valence-corrected chi connectivity index (χ2v) is 6.81. The van der Waals surface area contributed by atoms with Gasteiger partial charge in [0.2, 0.25) is 11.7 Å². The molecule has 8 heteroatoms. The van der Waals surface area contributed by atoms with Crippen molar-refractivity contribution < 1.29 is 23.8 Å². The third-order valence-electron chi connectivity index (χ3n) is 4.06. The summed E-state index contributed by atoms with van der Waals surface area (Å²) in [4.78, 5) is 30.2. The van der Waals surface area contributed by atoms with E-state index in [4.69, 9.17) is 14.2 Å². The van der Waals surface area contributed by atoms with Gasteiger partial charge in [-0.25, -0.2) is 9.78 Å². The summed E-state index contributed by atoms with van der Waals surface area (Å²) < 4.78 is 15.4. The minimum Gasteiger partial charge on any atom is -0.493 e. The Hall–Kier alpha value is -2.87. The molecule has 0 aliphatic carbocycles. The zero-order valence-electron chi connectivity index (χ0n) is 15.4. The van der Waals surface area contributed by atoms with Crippen molar-refractivity contribution in [1.29, 1.82) is 0 Å². The van der Waals surface area contributed by atoms with Crippen LogP contribution >= 0.6 is 11.3 Å². The molecular formula is C19H20N2O5S. The van der Waals surface area contributed by atoms with Gasteiger partial charge in [-0.3, -0.25) is 9.69 Å². The number of thiazole rings is 1. The SMILES string of the molecule is CC(=O)N(c1nc(COC(=O)C2=COCCO2)cs1)c1cccc(C)c1C. The highest BCUT2D eigenvalue weighted by Gasteiger charge is 2.21. The highest BCUT2D eigenvalue weighted by molar-refractivity contribution is 7.14. The second kappa shape index (κ2) is 8.22. The lowest BCUT2D eigenvalue weighted by atomic mass is 10.1. The van der Waals surface area contributed by atoms with E-state index in [-0.39, 0.29) is 18.3 Å². The number of rotatable bonds is 5. The van der Waals surface area contributed by atoms with Gasteiger partial charge in [0, 0.05) is 12.3 Å². The van der Waals surface area contributed by atoms with Crippen LogP contribution in [0.5, 0.6) is 0 Å². The molecule has 1 aliphatic rings. The fourth-order valence-electron chi connectivity index (χ4n) is 2.54. The summed E-state index contributed by atoms with van der Waals surface area (Å²) >= 11 is 1.31. The Morgan fingerprint density at radius 3 is 2.81 bits per heavy atom. The maximum atomic E-state index is 12.3. The minimum atomic E-state index is -0.609. The van der Waals surface area contributed by atoms with Crippen molar-refractivity contribution in [3.63, 3.8) is 0 Å². The molecule has 1 aromatic heterocycles. The maximum Gasteiger partial charge on any atom is 0.377 e. The van der Waals surface area contributed by atoms with Crippen LogP contribution in [-0.4, -0.2) is 30.1 Å². The quantitative estimate of drug-likeness (QED) is 0.731. The molecule has 0 N–H and O–H groups in total. The van der Waals surface area contributed by atoms with E-state index in [9.17, 15) is 9.59 Å². The predicted molar refractivity (Wildman–Crippen MR) is 101 cm³/mol. The topological polar surface area (TPSA) is 78.0 Å². The van der Waals surface area contributed by atoms with E-state index in [2.05, 4.69) is 4.98 Å². The smallest absolute Gasteiger partial charge is 0.377 e. The zero-order chi connectivity index (χ0) is 19.4. The minimum absolute atomic E-state index is 0.0193. The second-order valence-electron chi connectivity index (χ2n) is 5.97. The normalized spacial score (nSPS) is 13.2. The Bertz CT molecular complexity index is 890. The van der Waals surface area contributed by atoms with E-state index in [1.807, 2.05) is 32.0 Å². The number of nitrogens with zero attached hydrogens (tertiary/aromatic N) is 2. The van der Waals surface area contributed by atoms with Crippen LogP contribution in [0.4, 0.5) is 10.8 Å². The number of esters is 1. The Morgan fingerprint density at radius 2 is 2.11 bits per heavy atom. The molecule has 0 fully saturated rings. The Kier molecular flexibility index (Phi) is 5.75. The molecule has 7 nitrogen and oxygen atoms in total. The van der Waals surface area contributed by atoms with Crippen LogP contribution in [0.3, 0.4) is 0 Å². The van der Waals surface area contributed by atoms with Crippen LogP contribution in [0.15, 0.2) is 35.6 Å². The van der Waals surface area contributed by atoms with E-state index in [0.29, 0.717) is 24.0 Å². The lowest BCUT2D eigenvalue weighted by Crippen LogP contribution is -2.23. The van der Waals surface area contributed by atoms with Crippen LogP contribution in [-0.2, 0) is 30.4 Å². The fourth-order valence-corrected chi connectivity index (χ4v) is 3.40. The number of aryl methyl sites for hydroxylation is 1. The predicted octanol–water partition coefficient (Wildman–Crippen LogP) is 3.38. The summed E-state index contributed by atoms with van der Waals surface area (Å²) in [6.07, 6.45) is 1.25. The number of carbonyl (C=O) groups excluding carboxylic acids is 2. The number of hydrogen-bond acceptors (Lipinski definition) is 7. The van der Waals surface area contributed by atoms with Gasteiger partial charge < -0.3 is 14.2 Å². The summed E-state index contributed by atoms with van der Waals surface area (Å²) in [5.74, 6) is -0.709. The number of anilines is 2. The summed E-state index contributed by atoms with van der Waals surface area (Å²) in [6, 6.07) is 5.79. The van der Waals surface area contributed by atoms with Crippen LogP contribution in [0.2, 0.25) is 0 Å². The van der Waals surface area contributed by atoms with Crippen molar-refractivity contribution in [2.75, 3.05) is 18.1 Å². The third kappa shape index (κ3) is 4.28. The number of aromatic nitrogens is 1. The van der Waals surface area contributed by atoms with Gasteiger partial charge in [-0.15, -0.1) is 11.3 Å². The van der Waals surface area contributed by atoms with Crippen molar-refractivity contribution in [3.05, 3.63) is 52.4 Å². The maximum absolute atomic E-state index is 12.3. The van der Waals surface area contributed by atoms with E-state index >= 15 is 0 Å². The largest absolute Gasteiger partial charge is 0.493 e. The summed E-state index contributed by atoms with van der Waals surface area (Å²) in [5.41, 5.74) is 3.44. The van der Waals surface area contributed by atoms with E-state index in [1.165, 1.54) is 24.5 Å². The number of hydrogen-bond donors (Lipinski definition) is 0. The summed E-state index contributed by atoms with van der Waals surface area (Å²) in [7, 11) is 0. The van der Waals surface area contributed by atoms with Crippen LogP contribution in [0.1, 0.15) is 23.7 Å². The number of carbonyl (C=O) groups is 2. The van der Waals surface area contributed by atoms with Crippen molar-refractivity contribution in [2.45, 2.75) is 27.4 Å². The monoisotopic (exact) mass is 388 g/mol. The van der Waals surface area contributed by atoms with Crippen LogP contribution in [0, 0.1) is 13.8 Å². The van der Waals surface area contributed by atoms with Gasteiger partial charge in [0.05, 0.1) is 11.4 Å². The molecule has 1 amide bonds. The van der Waals surface area contributed by atoms with Crippen molar-refractivity contribution in [3.8, 4) is 0 Å². The van der Waals surface area contributed by atoms with Crippen molar-refractivity contribution >= 4 is 34.0 Å². The van der Waals surface area contributed by atoms with E-state index < -0.39 is 5.97 Å². The standard InChI is InChI=1S/C19H20N2O5S/c1-12-5-4-6-16(13(12)2)21(14(3)22)19-20-15(11-27-19)9-26-18(23)17-10-24-7-8-25-17/h4-6,10-11H,7-9H2,1-3H3. The molecule has 0 unspecified atom stereocenters. The molecule has 0 saturated carbocycles. The highest BCUT2D eigenvalue weighted by Crippen LogP contribution is 2.32.